The first-order valence-electron chi connectivity index (χ1n) is 11.7. The number of aromatic hydroxyl groups is 4. The van der Waals surface area contributed by atoms with E-state index >= 15 is 0 Å². The average Bonchev–Trinajstić information content (AvgIpc) is 2.87. The molecule has 0 spiro atoms. The van der Waals surface area contributed by atoms with E-state index in [1.165, 1.54) is 36.4 Å². The van der Waals surface area contributed by atoms with Gasteiger partial charge in [0.1, 0.15) is 18.3 Å². The highest BCUT2D eigenvalue weighted by Gasteiger charge is 2.55. The molecular weight excluding hydrogens is 532 g/mol. The molecule has 6 N–H and O–H groups in total. The van der Waals surface area contributed by atoms with Crippen LogP contribution in [0.4, 0.5) is 0 Å². The molecule has 2 atom stereocenters. The van der Waals surface area contributed by atoms with E-state index in [-0.39, 0.29) is 11.5 Å². The topological polar surface area (TPSA) is 217 Å². The van der Waals surface area contributed by atoms with E-state index < -0.39 is 72.1 Å². The Labute approximate surface area is 226 Å². The highest BCUT2D eigenvalue weighted by molar-refractivity contribution is 5.88. The number of carboxylic acids is 1. The van der Waals surface area contributed by atoms with Crippen LogP contribution in [0.2, 0.25) is 0 Å². The van der Waals surface area contributed by atoms with Crippen molar-refractivity contribution >= 4 is 36.0 Å². The monoisotopic (exact) mass is 558 g/mol. The van der Waals surface area contributed by atoms with Crippen LogP contribution in [0.15, 0.2) is 48.6 Å². The summed E-state index contributed by atoms with van der Waals surface area (Å²) < 4.78 is 15.5. The number of aliphatic hydroxyl groups excluding tert-OH is 1. The number of aliphatic hydroxyl groups is 1. The van der Waals surface area contributed by atoms with Gasteiger partial charge in [-0.2, -0.15) is 0 Å². The zero-order chi connectivity index (χ0) is 29.6. The van der Waals surface area contributed by atoms with Crippen LogP contribution in [-0.4, -0.2) is 78.4 Å². The van der Waals surface area contributed by atoms with Gasteiger partial charge >= 0.3 is 23.9 Å². The lowest BCUT2D eigenvalue weighted by Gasteiger charge is -2.42. The second kappa shape index (κ2) is 12.2. The fourth-order valence-corrected chi connectivity index (χ4v) is 4.01. The fraction of sp³-hybridized carbons (Fsp3) is 0.259. The maximum atomic E-state index is 12.5. The molecule has 0 unspecified atom stereocenters. The number of carboxylic acid groups (broad SMARTS) is 1. The standard InChI is InChI=1S/C27H26O13/c1-14(28)40-27(26(36)37)12-21(38-23(33)8-4-15-2-6-17(29)19(31)10-15)25(35)22(13-27)39-24(34)9-5-16-3-7-18(30)20(32)11-16/h2-11,21-22,25,29-32,35H,12-13H2,1H3,(H,36,37)/b8-4+,9-5+/t21-,22-,25?,27?/m1/s1. The van der Waals surface area contributed by atoms with Gasteiger partial charge in [0.15, 0.2) is 23.0 Å². The van der Waals surface area contributed by atoms with E-state index in [0.29, 0.717) is 11.1 Å². The van der Waals surface area contributed by atoms with Crippen LogP contribution in [0.5, 0.6) is 23.0 Å². The van der Waals surface area contributed by atoms with E-state index in [2.05, 4.69) is 0 Å². The van der Waals surface area contributed by atoms with Crippen molar-refractivity contribution in [2.75, 3.05) is 0 Å². The van der Waals surface area contributed by atoms with Gasteiger partial charge in [-0.15, -0.1) is 0 Å². The summed E-state index contributed by atoms with van der Waals surface area (Å²) in [6.07, 6.45) is -1.94. The van der Waals surface area contributed by atoms with Crippen LogP contribution in [0.1, 0.15) is 30.9 Å². The number of phenolic OH excluding ortho intramolecular Hbond substituents is 4. The van der Waals surface area contributed by atoms with Crippen molar-refractivity contribution in [3.63, 3.8) is 0 Å². The highest BCUT2D eigenvalue weighted by Crippen LogP contribution is 2.36. The van der Waals surface area contributed by atoms with Gasteiger partial charge in [0.25, 0.3) is 0 Å². The molecule has 1 fully saturated rings. The Kier molecular flexibility index (Phi) is 9.01. The number of hydrogen-bond acceptors (Lipinski definition) is 12. The molecule has 0 aliphatic heterocycles. The van der Waals surface area contributed by atoms with Crippen molar-refractivity contribution in [2.24, 2.45) is 0 Å². The van der Waals surface area contributed by atoms with E-state index in [1.54, 1.807) is 0 Å². The number of phenols is 4. The van der Waals surface area contributed by atoms with Gasteiger partial charge in [0.2, 0.25) is 5.60 Å². The second-order valence-corrected chi connectivity index (χ2v) is 8.91. The number of hydrogen-bond donors (Lipinski definition) is 6. The minimum Gasteiger partial charge on any atom is -0.504 e. The van der Waals surface area contributed by atoms with Crippen LogP contribution < -0.4 is 0 Å². The van der Waals surface area contributed by atoms with Crippen molar-refractivity contribution in [3.05, 3.63) is 59.7 Å². The summed E-state index contributed by atoms with van der Waals surface area (Å²) in [6.45, 7) is 0.962. The Morgan fingerprint density at radius 3 is 1.55 bits per heavy atom. The second-order valence-electron chi connectivity index (χ2n) is 8.91. The Morgan fingerprint density at radius 1 is 0.775 bits per heavy atom. The predicted octanol–water partition coefficient (Wildman–Crippen LogP) is 1.60. The number of esters is 3. The molecule has 0 saturated heterocycles. The van der Waals surface area contributed by atoms with Crippen molar-refractivity contribution < 1.29 is 64.0 Å². The molecule has 13 heteroatoms. The summed E-state index contributed by atoms with van der Waals surface area (Å²) in [5.74, 6) is -6.32. The van der Waals surface area contributed by atoms with Gasteiger partial charge in [-0.1, -0.05) is 12.1 Å². The molecule has 13 nitrogen and oxygen atoms in total. The smallest absolute Gasteiger partial charge is 0.348 e. The zero-order valence-electron chi connectivity index (χ0n) is 21.0. The van der Waals surface area contributed by atoms with Crippen molar-refractivity contribution in [1.82, 2.24) is 0 Å². The molecule has 2 aromatic rings. The molecule has 1 aliphatic rings. The molecular formula is C27H26O13. The number of aliphatic carboxylic acids is 1. The lowest BCUT2D eigenvalue weighted by atomic mass is 9.79. The summed E-state index contributed by atoms with van der Waals surface area (Å²) in [5.41, 5.74) is -1.70. The first kappa shape index (κ1) is 29.5. The van der Waals surface area contributed by atoms with E-state index in [4.69, 9.17) is 14.2 Å². The van der Waals surface area contributed by atoms with Crippen LogP contribution in [-0.2, 0) is 33.4 Å². The number of rotatable bonds is 8. The van der Waals surface area contributed by atoms with Gasteiger partial charge in [0, 0.05) is 31.9 Å². The third-order valence-electron chi connectivity index (χ3n) is 5.91. The van der Waals surface area contributed by atoms with Gasteiger partial charge in [-0.25, -0.2) is 14.4 Å². The number of ether oxygens (including phenoxy) is 3. The zero-order valence-corrected chi connectivity index (χ0v) is 21.0. The fourth-order valence-electron chi connectivity index (χ4n) is 4.01. The quantitative estimate of drug-likeness (QED) is 0.118. The highest BCUT2D eigenvalue weighted by atomic mass is 16.6. The van der Waals surface area contributed by atoms with Gasteiger partial charge in [-0.05, 0) is 47.5 Å². The van der Waals surface area contributed by atoms with Gasteiger partial charge in [0.05, 0.1) is 0 Å². The molecule has 40 heavy (non-hydrogen) atoms. The Hall–Kier alpha value is -5.04. The van der Waals surface area contributed by atoms with Crippen LogP contribution in [0.25, 0.3) is 12.2 Å². The lowest BCUT2D eigenvalue weighted by Crippen LogP contribution is -2.59. The summed E-state index contributed by atoms with van der Waals surface area (Å²) >= 11 is 0. The molecule has 3 rings (SSSR count). The molecule has 0 aromatic heterocycles. The Bertz CT molecular complexity index is 1270. The first-order valence-corrected chi connectivity index (χ1v) is 11.7. The maximum absolute atomic E-state index is 12.5. The van der Waals surface area contributed by atoms with Crippen molar-refractivity contribution in [1.29, 1.82) is 0 Å². The van der Waals surface area contributed by atoms with Gasteiger partial charge in [-0.3, -0.25) is 4.79 Å². The molecule has 212 valence electrons. The molecule has 0 radical (unpaired) electrons. The third kappa shape index (κ3) is 7.29. The van der Waals surface area contributed by atoms with E-state index in [1.807, 2.05) is 0 Å². The van der Waals surface area contributed by atoms with Crippen LogP contribution in [0.3, 0.4) is 0 Å². The summed E-state index contributed by atoms with van der Waals surface area (Å²) in [5, 5.41) is 58.6. The summed E-state index contributed by atoms with van der Waals surface area (Å²) in [4.78, 5) is 48.8. The molecule has 0 bridgehead atoms. The van der Waals surface area contributed by atoms with E-state index in [9.17, 15) is 49.8 Å². The molecule has 1 aliphatic carbocycles. The van der Waals surface area contributed by atoms with Gasteiger partial charge < -0.3 is 44.8 Å². The summed E-state index contributed by atoms with van der Waals surface area (Å²) in [7, 11) is 0. The largest absolute Gasteiger partial charge is 0.504 e. The Morgan fingerprint density at radius 2 is 1.20 bits per heavy atom. The maximum Gasteiger partial charge on any atom is 0.348 e. The lowest BCUT2D eigenvalue weighted by molar-refractivity contribution is -0.213. The SMILES string of the molecule is CC(=O)OC1(C(=O)O)C[C@@H](OC(=O)/C=C/c2ccc(O)c(O)c2)C(O)[C@H](OC(=O)/C=C/c2ccc(O)c(O)c2)C1. The first-order chi connectivity index (χ1) is 18.8. The molecule has 2 aromatic carbocycles. The average molecular weight is 558 g/mol. The molecule has 0 amide bonds. The summed E-state index contributed by atoms with van der Waals surface area (Å²) in [6, 6.07) is 7.45. The van der Waals surface area contributed by atoms with E-state index in [0.717, 1.165) is 31.2 Å². The van der Waals surface area contributed by atoms with Crippen LogP contribution in [0, 0.1) is 0 Å². The number of carbonyl (C=O) groups is 4. The number of benzene rings is 2. The Balaban J connectivity index is 1.80. The molecule has 0 heterocycles. The minimum atomic E-state index is -2.31. The predicted molar refractivity (Wildman–Crippen MR) is 135 cm³/mol. The van der Waals surface area contributed by atoms with Crippen molar-refractivity contribution in [2.45, 2.75) is 43.7 Å². The number of carbonyl (C=O) groups excluding carboxylic acids is 3. The third-order valence-corrected chi connectivity index (χ3v) is 5.91. The minimum absolute atomic E-state index is 0.303. The van der Waals surface area contributed by atoms with Crippen LogP contribution >= 0.6 is 0 Å². The van der Waals surface area contributed by atoms with Crippen molar-refractivity contribution in [3.8, 4) is 23.0 Å². The molecule has 1 saturated carbocycles. The normalized spacial score (nSPS) is 22.6.